The Bertz CT molecular complexity index is 1080. The van der Waals surface area contributed by atoms with E-state index in [1.165, 1.54) is 0 Å². The van der Waals surface area contributed by atoms with Crippen LogP contribution in [0.15, 0.2) is 65.5 Å². The lowest BCUT2D eigenvalue weighted by Gasteiger charge is -2.13. The van der Waals surface area contributed by atoms with Gasteiger partial charge in [0.1, 0.15) is 0 Å². The number of hydrogen-bond donors (Lipinski definition) is 0. The molecule has 2 heterocycles. The van der Waals surface area contributed by atoms with E-state index < -0.39 is 0 Å². The van der Waals surface area contributed by atoms with Gasteiger partial charge < -0.3 is 0 Å². The normalized spacial score (nSPS) is 11.4. The van der Waals surface area contributed by atoms with Gasteiger partial charge in [0, 0.05) is 27.7 Å². The number of aromatic nitrogens is 2. The third-order valence-electron chi connectivity index (χ3n) is 3.91. The van der Waals surface area contributed by atoms with Crippen molar-refractivity contribution in [3.63, 3.8) is 0 Å². The van der Waals surface area contributed by atoms with Crippen LogP contribution >= 0.6 is 11.6 Å². The van der Waals surface area contributed by atoms with Crippen LogP contribution in [0.3, 0.4) is 0 Å². The van der Waals surface area contributed by atoms with Gasteiger partial charge in [-0.3, -0.25) is 4.79 Å². The summed E-state index contributed by atoms with van der Waals surface area (Å²) in [6.07, 6.45) is 0. The Morgan fingerprint density at radius 3 is 2.45 bits per heavy atom. The molecule has 0 fully saturated rings. The maximum atomic E-state index is 12.4. The van der Waals surface area contributed by atoms with Crippen molar-refractivity contribution in [3.8, 4) is 11.3 Å². The number of nitrogens with zero attached hydrogens (tertiary/aromatic N) is 2. The fourth-order valence-corrected chi connectivity index (χ4v) is 3.19. The van der Waals surface area contributed by atoms with Crippen LogP contribution in [0, 0.1) is 6.92 Å². The van der Waals surface area contributed by atoms with Crippen molar-refractivity contribution < 1.29 is 0 Å². The lowest BCUT2D eigenvalue weighted by Crippen LogP contribution is -2.13. The summed E-state index contributed by atoms with van der Waals surface area (Å²) < 4.78 is 3.62. The highest BCUT2D eigenvalue weighted by Crippen LogP contribution is 2.29. The summed E-state index contributed by atoms with van der Waals surface area (Å²) in [5.74, 6) is 0. The zero-order valence-electron chi connectivity index (χ0n) is 12.0. The van der Waals surface area contributed by atoms with Gasteiger partial charge in [0.15, 0.2) is 0 Å². The van der Waals surface area contributed by atoms with E-state index in [0.29, 0.717) is 5.02 Å². The average molecular weight is 309 g/mol. The minimum atomic E-state index is -0.0393. The second kappa shape index (κ2) is 4.75. The highest BCUT2D eigenvalue weighted by atomic mass is 35.5. The van der Waals surface area contributed by atoms with E-state index in [0.717, 1.165) is 27.9 Å². The molecule has 108 valence electrons. The molecular weight excluding hydrogens is 296 g/mol. The first-order valence-electron chi connectivity index (χ1n) is 7.05. The number of rotatable bonds is 1. The topological polar surface area (TPSA) is 25.9 Å². The van der Waals surface area contributed by atoms with Crippen LogP contribution in [-0.2, 0) is 0 Å². The molecule has 4 aromatic rings. The summed E-state index contributed by atoms with van der Waals surface area (Å²) in [6, 6.07) is 19.3. The molecule has 2 aromatic carbocycles. The lowest BCUT2D eigenvalue weighted by molar-refractivity contribution is 0.812. The van der Waals surface area contributed by atoms with Crippen molar-refractivity contribution >= 4 is 22.5 Å². The molecule has 0 bridgehead atoms. The monoisotopic (exact) mass is 308 g/mol. The first-order chi connectivity index (χ1) is 10.7. The van der Waals surface area contributed by atoms with Gasteiger partial charge in [0.25, 0.3) is 5.56 Å². The van der Waals surface area contributed by atoms with Gasteiger partial charge in [-0.1, -0.05) is 48.0 Å². The van der Waals surface area contributed by atoms with E-state index >= 15 is 0 Å². The molecule has 0 N–H and O–H groups in total. The standard InChI is InChI=1S/C18H13ClN2O/c1-12-10-18(22)21-16-9-5-2-6-13(16)11-17(20(12)21)14-7-3-4-8-15(14)19/h2-11H,1H3. The molecule has 0 saturated heterocycles. The Balaban J connectivity index is 2.27. The van der Waals surface area contributed by atoms with Gasteiger partial charge >= 0.3 is 0 Å². The molecule has 0 atom stereocenters. The number of hydrogen-bond acceptors (Lipinski definition) is 1. The first-order valence-corrected chi connectivity index (χ1v) is 7.42. The fraction of sp³-hybridized carbons (Fsp3) is 0.0556. The third-order valence-corrected chi connectivity index (χ3v) is 4.24. The minimum Gasteiger partial charge on any atom is -0.267 e. The molecule has 3 nitrogen and oxygen atoms in total. The van der Waals surface area contributed by atoms with Crippen LogP contribution in [0.4, 0.5) is 0 Å². The van der Waals surface area contributed by atoms with E-state index in [1.807, 2.05) is 60.0 Å². The van der Waals surface area contributed by atoms with Crippen LogP contribution in [0.25, 0.3) is 22.2 Å². The molecule has 22 heavy (non-hydrogen) atoms. The quantitative estimate of drug-likeness (QED) is 0.518. The fourth-order valence-electron chi connectivity index (χ4n) is 2.95. The maximum absolute atomic E-state index is 12.4. The van der Waals surface area contributed by atoms with Gasteiger partial charge in [-0.2, -0.15) is 0 Å². The Hall–Kier alpha value is -2.52. The largest absolute Gasteiger partial charge is 0.271 e. The predicted molar refractivity (Wildman–Crippen MR) is 89.8 cm³/mol. The van der Waals surface area contributed by atoms with Gasteiger partial charge in [-0.25, -0.2) is 9.03 Å². The van der Waals surface area contributed by atoms with E-state index in [-0.39, 0.29) is 5.56 Å². The summed E-state index contributed by atoms with van der Waals surface area (Å²) in [7, 11) is 0. The van der Waals surface area contributed by atoms with Gasteiger partial charge in [-0.05, 0) is 25.1 Å². The molecule has 0 saturated carbocycles. The van der Waals surface area contributed by atoms with Crippen molar-refractivity contribution in [2.24, 2.45) is 0 Å². The van der Waals surface area contributed by atoms with Crippen molar-refractivity contribution in [1.29, 1.82) is 0 Å². The van der Waals surface area contributed by atoms with Gasteiger partial charge in [-0.15, -0.1) is 0 Å². The van der Waals surface area contributed by atoms with Crippen LogP contribution in [0.1, 0.15) is 5.69 Å². The van der Waals surface area contributed by atoms with E-state index in [9.17, 15) is 4.79 Å². The molecule has 2 aromatic heterocycles. The summed E-state index contributed by atoms with van der Waals surface area (Å²) in [6.45, 7) is 1.93. The van der Waals surface area contributed by atoms with Gasteiger partial charge in [0.05, 0.1) is 11.2 Å². The molecule has 0 amide bonds. The van der Waals surface area contributed by atoms with Crippen LogP contribution in [-0.4, -0.2) is 9.03 Å². The Kier molecular flexibility index (Phi) is 2.84. The zero-order chi connectivity index (χ0) is 15.3. The van der Waals surface area contributed by atoms with Crippen LogP contribution in [0.2, 0.25) is 5.02 Å². The second-order valence-corrected chi connectivity index (χ2v) is 5.72. The second-order valence-electron chi connectivity index (χ2n) is 5.32. The number of aryl methyl sites for hydroxylation is 1. The summed E-state index contributed by atoms with van der Waals surface area (Å²) in [5.41, 5.74) is 3.54. The molecular formula is C18H13ClN2O. The summed E-state index contributed by atoms with van der Waals surface area (Å²) >= 11 is 6.37. The number of fused-ring (bicyclic) bond motifs is 3. The minimum absolute atomic E-state index is 0.0393. The lowest BCUT2D eigenvalue weighted by atomic mass is 10.1. The Morgan fingerprint density at radius 2 is 1.64 bits per heavy atom. The molecule has 0 aliphatic heterocycles. The van der Waals surface area contributed by atoms with Crippen LogP contribution < -0.4 is 5.56 Å². The zero-order valence-corrected chi connectivity index (χ0v) is 12.7. The van der Waals surface area contributed by atoms with E-state index in [4.69, 9.17) is 11.6 Å². The predicted octanol–water partition coefficient (Wildman–Crippen LogP) is 4.18. The highest BCUT2D eigenvalue weighted by Gasteiger charge is 2.13. The molecule has 4 rings (SSSR count). The van der Waals surface area contributed by atoms with E-state index in [2.05, 4.69) is 6.07 Å². The number of halogens is 1. The molecule has 0 radical (unpaired) electrons. The van der Waals surface area contributed by atoms with Crippen molar-refractivity contribution in [1.82, 2.24) is 9.03 Å². The molecule has 0 aliphatic carbocycles. The first kappa shape index (κ1) is 13.2. The highest BCUT2D eigenvalue weighted by molar-refractivity contribution is 6.33. The smallest absolute Gasteiger partial charge is 0.267 e. The number of para-hydroxylation sites is 1. The summed E-state index contributed by atoms with van der Waals surface area (Å²) in [5, 5.41) is 1.67. The van der Waals surface area contributed by atoms with Crippen LogP contribution in [0.5, 0.6) is 0 Å². The van der Waals surface area contributed by atoms with E-state index in [1.54, 1.807) is 10.6 Å². The third kappa shape index (κ3) is 1.79. The molecule has 4 heteroatoms. The van der Waals surface area contributed by atoms with Crippen molar-refractivity contribution in [2.45, 2.75) is 6.92 Å². The Labute approximate surface area is 132 Å². The van der Waals surface area contributed by atoms with Crippen molar-refractivity contribution in [3.05, 3.63) is 81.7 Å². The molecule has 0 aliphatic rings. The van der Waals surface area contributed by atoms with Gasteiger partial charge in [0.2, 0.25) is 0 Å². The Morgan fingerprint density at radius 1 is 0.909 bits per heavy atom. The molecule has 0 spiro atoms. The average Bonchev–Trinajstić information content (AvgIpc) is 2.83. The number of benzene rings is 2. The van der Waals surface area contributed by atoms with Crippen molar-refractivity contribution in [2.75, 3.05) is 0 Å². The maximum Gasteiger partial charge on any atom is 0.271 e. The molecule has 0 unspecified atom stereocenters. The SMILES string of the molecule is Cc1cc(=O)n2c3ccccc3cc(-c3ccccc3Cl)n12. The summed E-state index contributed by atoms with van der Waals surface area (Å²) in [4.78, 5) is 12.4.